The van der Waals surface area contributed by atoms with Gasteiger partial charge in [-0.05, 0) is 38.3 Å². The molecule has 3 heteroatoms. The molecule has 1 atom stereocenters. The van der Waals surface area contributed by atoms with Crippen LogP contribution in [0.15, 0.2) is 0 Å². The lowest BCUT2D eigenvalue weighted by Gasteiger charge is -2.33. The lowest BCUT2D eigenvalue weighted by molar-refractivity contribution is -0.127. The minimum absolute atomic E-state index is 0.324. The predicted molar refractivity (Wildman–Crippen MR) is 60.6 cm³/mol. The maximum absolute atomic E-state index is 11.4. The molecule has 2 fully saturated rings. The van der Waals surface area contributed by atoms with Crippen molar-refractivity contribution in [2.24, 2.45) is 5.92 Å². The van der Waals surface area contributed by atoms with Crippen LogP contribution in [0.2, 0.25) is 0 Å². The van der Waals surface area contributed by atoms with E-state index in [1.165, 1.54) is 25.9 Å². The highest BCUT2D eigenvalue weighted by Crippen LogP contribution is 2.21. The van der Waals surface area contributed by atoms with Gasteiger partial charge in [-0.25, -0.2) is 0 Å². The van der Waals surface area contributed by atoms with Crippen LogP contribution in [0, 0.1) is 5.92 Å². The molecule has 86 valence electrons. The van der Waals surface area contributed by atoms with Gasteiger partial charge in [-0.2, -0.15) is 0 Å². The van der Waals surface area contributed by atoms with Gasteiger partial charge >= 0.3 is 0 Å². The molecule has 2 aliphatic heterocycles. The van der Waals surface area contributed by atoms with Gasteiger partial charge in [0.15, 0.2) is 0 Å². The van der Waals surface area contributed by atoms with Crippen molar-refractivity contribution in [1.29, 1.82) is 0 Å². The normalized spacial score (nSPS) is 30.1. The van der Waals surface area contributed by atoms with E-state index in [1.54, 1.807) is 0 Å². The van der Waals surface area contributed by atoms with Crippen molar-refractivity contribution < 1.29 is 4.79 Å². The Kier molecular flexibility index (Phi) is 3.29. The molecule has 0 aliphatic carbocycles. The highest BCUT2D eigenvalue weighted by Gasteiger charge is 2.29. The molecule has 1 unspecified atom stereocenters. The van der Waals surface area contributed by atoms with Crippen LogP contribution in [0.3, 0.4) is 0 Å². The van der Waals surface area contributed by atoms with Gasteiger partial charge in [0.2, 0.25) is 5.91 Å². The van der Waals surface area contributed by atoms with Crippen LogP contribution in [-0.2, 0) is 4.79 Å². The number of nitrogens with zero attached hydrogens (tertiary/aromatic N) is 2. The lowest BCUT2D eigenvalue weighted by Crippen LogP contribution is -2.43. The number of hydrogen-bond acceptors (Lipinski definition) is 2. The summed E-state index contributed by atoms with van der Waals surface area (Å²) in [4.78, 5) is 15.9. The largest absolute Gasteiger partial charge is 0.341 e. The lowest BCUT2D eigenvalue weighted by atomic mass is 9.99. The zero-order valence-electron chi connectivity index (χ0n) is 9.91. The smallest absolute Gasteiger partial charge is 0.222 e. The molecule has 15 heavy (non-hydrogen) atoms. The van der Waals surface area contributed by atoms with Crippen molar-refractivity contribution in [2.45, 2.75) is 38.6 Å². The highest BCUT2D eigenvalue weighted by molar-refractivity contribution is 5.78. The number of carbonyl (C=O) groups is 1. The van der Waals surface area contributed by atoms with Gasteiger partial charge in [-0.3, -0.25) is 4.79 Å². The van der Waals surface area contributed by atoms with Crippen LogP contribution in [0.4, 0.5) is 0 Å². The fourth-order valence-corrected chi connectivity index (χ4v) is 2.62. The molecule has 2 aliphatic rings. The highest BCUT2D eigenvalue weighted by atomic mass is 16.2. The molecule has 0 saturated carbocycles. The van der Waals surface area contributed by atoms with Gasteiger partial charge in [0.05, 0.1) is 0 Å². The number of hydrogen-bond donors (Lipinski definition) is 0. The quantitative estimate of drug-likeness (QED) is 0.686. The second-order valence-corrected chi connectivity index (χ2v) is 5.18. The van der Waals surface area contributed by atoms with Crippen LogP contribution >= 0.6 is 0 Å². The van der Waals surface area contributed by atoms with Gasteiger partial charge in [0, 0.05) is 26.1 Å². The predicted octanol–water partition coefficient (Wildman–Crippen LogP) is 1.34. The molecule has 0 aromatic rings. The van der Waals surface area contributed by atoms with E-state index in [0.717, 1.165) is 25.3 Å². The number of rotatable bonds is 2. The van der Waals surface area contributed by atoms with Gasteiger partial charge in [0.25, 0.3) is 0 Å². The second-order valence-electron chi connectivity index (χ2n) is 5.18. The standard InChI is InChI=1S/C12H22N2O/c1-10-5-7-14(8-6-10)9-11-3-4-12(15)13(11)2/h10-11H,3-9H2,1-2H3. The molecule has 0 aromatic carbocycles. The van der Waals surface area contributed by atoms with Crippen molar-refractivity contribution in [3.05, 3.63) is 0 Å². The van der Waals surface area contributed by atoms with E-state index in [0.29, 0.717) is 11.9 Å². The maximum atomic E-state index is 11.4. The van der Waals surface area contributed by atoms with E-state index in [4.69, 9.17) is 0 Å². The van der Waals surface area contributed by atoms with Gasteiger partial charge < -0.3 is 9.80 Å². The summed E-state index contributed by atoms with van der Waals surface area (Å²) in [5, 5.41) is 0. The first-order chi connectivity index (χ1) is 7.16. The van der Waals surface area contributed by atoms with E-state index in [2.05, 4.69) is 11.8 Å². The van der Waals surface area contributed by atoms with E-state index < -0.39 is 0 Å². The van der Waals surface area contributed by atoms with E-state index in [-0.39, 0.29) is 0 Å². The Balaban J connectivity index is 1.80. The maximum Gasteiger partial charge on any atom is 0.222 e. The average molecular weight is 210 g/mol. The fraction of sp³-hybridized carbons (Fsp3) is 0.917. The Bertz CT molecular complexity index is 234. The number of piperidine rings is 1. The first kappa shape index (κ1) is 10.9. The number of amides is 1. The van der Waals surface area contributed by atoms with Crippen molar-refractivity contribution in [3.8, 4) is 0 Å². The van der Waals surface area contributed by atoms with Gasteiger partial charge in [0.1, 0.15) is 0 Å². The Labute approximate surface area is 92.4 Å². The zero-order chi connectivity index (χ0) is 10.8. The molecule has 2 saturated heterocycles. The summed E-state index contributed by atoms with van der Waals surface area (Å²) in [7, 11) is 1.95. The van der Waals surface area contributed by atoms with Crippen LogP contribution in [0.25, 0.3) is 0 Å². The van der Waals surface area contributed by atoms with Crippen molar-refractivity contribution >= 4 is 5.91 Å². The number of likely N-dealkylation sites (tertiary alicyclic amines) is 2. The molecule has 0 radical (unpaired) electrons. The summed E-state index contributed by atoms with van der Waals surface area (Å²) < 4.78 is 0. The first-order valence-electron chi connectivity index (χ1n) is 6.15. The third kappa shape index (κ3) is 2.51. The molecule has 0 bridgehead atoms. The summed E-state index contributed by atoms with van der Waals surface area (Å²) in [5.41, 5.74) is 0. The Morgan fingerprint density at radius 3 is 2.47 bits per heavy atom. The van der Waals surface area contributed by atoms with E-state index in [9.17, 15) is 4.79 Å². The summed E-state index contributed by atoms with van der Waals surface area (Å²) >= 11 is 0. The second kappa shape index (κ2) is 4.52. The van der Waals surface area contributed by atoms with Crippen LogP contribution in [-0.4, -0.2) is 48.4 Å². The molecule has 0 N–H and O–H groups in total. The molecule has 2 rings (SSSR count). The SMILES string of the molecule is CC1CCN(CC2CCC(=O)N2C)CC1. The monoisotopic (exact) mass is 210 g/mol. The molecular formula is C12H22N2O. The number of likely N-dealkylation sites (N-methyl/N-ethyl adjacent to an activating group) is 1. The molecular weight excluding hydrogens is 188 g/mol. The van der Waals surface area contributed by atoms with E-state index >= 15 is 0 Å². The molecule has 1 amide bonds. The molecule has 0 aromatic heterocycles. The van der Waals surface area contributed by atoms with Gasteiger partial charge in [-0.1, -0.05) is 6.92 Å². The molecule has 0 spiro atoms. The van der Waals surface area contributed by atoms with Crippen molar-refractivity contribution in [2.75, 3.05) is 26.7 Å². The first-order valence-corrected chi connectivity index (χ1v) is 6.15. The fourth-order valence-electron chi connectivity index (χ4n) is 2.62. The minimum Gasteiger partial charge on any atom is -0.341 e. The van der Waals surface area contributed by atoms with E-state index in [1.807, 2.05) is 11.9 Å². The minimum atomic E-state index is 0.324. The Hall–Kier alpha value is -0.570. The van der Waals surface area contributed by atoms with Crippen LogP contribution < -0.4 is 0 Å². The van der Waals surface area contributed by atoms with Crippen LogP contribution in [0.5, 0.6) is 0 Å². The molecule has 2 heterocycles. The summed E-state index contributed by atoms with van der Waals surface area (Å²) in [5.74, 6) is 1.22. The van der Waals surface area contributed by atoms with Crippen molar-refractivity contribution in [1.82, 2.24) is 9.80 Å². The molecule has 3 nitrogen and oxygen atoms in total. The van der Waals surface area contributed by atoms with Crippen LogP contribution in [0.1, 0.15) is 32.6 Å². The zero-order valence-corrected chi connectivity index (χ0v) is 9.91. The Morgan fingerprint density at radius 1 is 1.27 bits per heavy atom. The summed E-state index contributed by atoms with van der Waals surface area (Å²) in [6.45, 7) is 5.87. The van der Waals surface area contributed by atoms with Gasteiger partial charge in [-0.15, -0.1) is 0 Å². The summed E-state index contributed by atoms with van der Waals surface area (Å²) in [6, 6.07) is 0.478. The Morgan fingerprint density at radius 2 is 1.93 bits per heavy atom. The topological polar surface area (TPSA) is 23.6 Å². The third-order valence-electron chi connectivity index (χ3n) is 3.98. The van der Waals surface area contributed by atoms with Crippen molar-refractivity contribution in [3.63, 3.8) is 0 Å². The average Bonchev–Trinajstić information content (AvgIpc) is 2.53. The summed E-state index contributed by atoms with van der Waals surface area (Å²) in [6.07, 6.45) is 4.46. The number of carbonyl (C=O) groups excluding carboxylic acids is 1. The third-order valence-corrected chi connectivity index (χ3v) is 3.98.